The van der Waals surface area contributed by atoms with Crippen molar-refractivity contribution in [2.45, 2.75) is 6.92 Å². The minimum Gasteiger partial charge on any atom is -0.378 e. The van der Waals surface area contributed by atoms with E-state index in [-0.39, 0.29) is 16.6 Å². The van der Waals surface area contributed by atoms with Crippen molar-refractivity contribution < 1.29 is 0 Å². The second-order valence-corrected chi connectivity index (χ2v) is 5.15. The molecule has 7 nitrogen and oxygen atoms in total. The summed E-state index contributed by atoms with van der Waals surface area (Å²) in [7, 11) is 3.96. The Balaban J connectivity index is 2.01. The highest BCUT2D eigenvalue weighted by Crippen LogP contribution is 2.10. The summed E-state index contributed by atoms with van der Waals surface area (Å²) in [4.78, 5) is 20.0. The zero-order chi connectivity index (χ0) is 16.1. The number of rotatable bonds is 3. The van der Waals surface area contributed by atoms with E-state index in [4.69, 9.17) is 12.2 Å². The SMILES string of the molecule is Cc1nnc(NC(=S)N=Cc2ccc(N(C)C)cc2)[nH]c1=O. The van der Waals surface area contributed by atoms with Crippen LogP contribution in [0.15, 0.2) is 34.1 Å². The van der Waals surface area contributed by atoms with Crippen LogP contribution in [0.25, 0.3) is 0 Å². The van der Waals surface area contributed by atoms with Gasteiger partial charge in [0.1, 0.15) is 5.69 Å². The second-order valence-electron chi connectivity index (χ2n) is 4.76. The van der Waals surface area contributed by atoms with Crippen molar-refractivity contribution in [1.29, 1.82) is 0 Å². The first-order chi connectivity index (χ1) is 10.5. The van der Waals surface area contributed by atoms with Gasteiger partial charge >= 0.3 is 0 Å². The number of aromatic nitrogens is 3. The maximum absolute atomic E-state index is 11.4. The van der Waals surface area contributed by atoms with Gasteiger partial charge in [-0.25, -0.2) is 4.99 Å². The Hall–Kier alpha value is -2.61. The van der Waals surface area contributed by atoms with E-state index in [2.05, 4.69) is 25.5 Å². The Bertz CT molecular complexity index is 751. The summed E-state index contributed by atoms with van der Waals surface area (Å²) in [6.07, 6.45) is 1.63. The van der Waals surface area contributed by atoms with Crippen LogP contribution in [0.2, 0.25) is 0 Å². The molecule has 2 N–H and O–H groups in total. The van der Waals surface area contributed by atoms with Gasteiger partial charge in [0.2, 0.25) is 5.95 Å². The summed E-state index contributed by atoms with van der Waals surface area (Å²) in [6, 6.07) is 7.85. The molecule has 0 aliphatic carbocycles. The number of nitrogens with one attached hydrogen (secondary N) is 2. The number of H-pyrrole nitrogens is 1. The first-order valence-corrected chi connectivity index (χ1v) is 6.92. The molecule has 0 saturated carbocycles. The van der Waals surface area contributed by atoms with Crippen molar-refractivity contribution >= 4 is 35.2 Å². The molecule has 0 atom stereocenters. The molecule has 0 saturated heterocycles. The van der Waals surface area contributed by atoms with Crippen molar-refractivity contribution in [3.63, 3.8) is 0 Å². The number of aryl methyl sites for hydroxylation is 1. The molecule has 0 aliphatic rings. The van der Waals surface area contributed by atoms with Gasteiger partial charge in [-0.15, -0.1) is 10.2 Å². The predicted octanol–water partition coefficient (Wildman–Crippen LogP) is 1.36. The minimum absolute atomic E-state index is 0.167. The summed E-state index contributed by atoms with van der Waals surface area (Å²) in [5.41, 5.74) is 1.99. The van der Waals surface area contributed by atoms with Gasteiger partial charge in [-0.3, -0.25) is 15.1 Å². The third kappa shape index (κ3) is 4.19. The average molecular weight is 316 g/mol. The van der Waals surface area contributed by atoms with E-state index in [0.29, 0.717) is 5.69 Å². The molecule has 0 fully saturated rings. The quantitative estimate of drug-likeness (QED) is 0.657. The summed E-state index contributed by atoms with van der Waals surface area (Å²) >= 11 is 5.07. The molecule has 0 radical (unpaired) electrons. The standard InChI is InChI=1S/C14H16N6OS/c1-9-12(21)16-13(19-18-9)17-14(22)15-8-10-4-6-11(7-5-10)20(2)3/h4-8H,1-3H3,(H2,16,17,19,21,22). The van der Waals surface area contributed by atoms with Crippen LogP contribution in [0.4, 0.5) is 11.6 Å². The lowest BCUT2D eigenvalue weighted by atomic mass is 10.2. The first kappa shape index (κ1) is 15.8. The summed E-state index contributed by atoms with van der Waals surface area (Å²) in [5.74, 6) is 0.167. The molecule has 2 aromatic rings. The molecule has 0 spiro atoms. The van der Waals surface area contributed by atoms with Crippen LogP contribution in [0.3, 0.4) is 0 Å². The fourth-order valence-electron chi connectivity index (χ4n) is 1.57. The number of thiocarbonyl (C=S) groups is 1. The van der Waals surface area contributed by atoms with Crippen LogP contribution in [0, 0.1) is 6.92 Å². The van der Waals surface area contributed by atoms with E-state index >= 15 is 0 Å². The minimum atomic E-state index is -0.316. The van der Waals surface area contributed by atoms with Gasteiger partial charge in [-0.05, 0) is 36.8 Å². The zero-order valence-corrected chi connectivity index (χ0v) is 13.3. The van der Waals surface area contributed by atoms with Crippen LogP contribution in [0.1, 0.15) is 11.3 Å². The number of aliphatic imine (C=N–C) groups is 1. The molecule has 1 aromatic carbocycles. The van der Waals surface area contributed by atoms with Crippen LogP contribution in [-0.4, -0.2) is 40.6 Å². The van der Waals surface area contributed by atoms with Crippen LogP contribution in [-0.2, 0) is 0 Å². The molecule has 0 unspecified atom stereocenters. The lowest BCUT2D eigenvalue weighted by Gasteiger charge is -2.11. The number of hydrogen-bond acceptors (Lipinski definition) is 5. The fourth-order valence-corrected chi connectivity index (χ4v) is 1.72. The largest absolute Gasteiger partial charge is 0.378 e. The van der Waals surface area contributed by atoms with E-state index < -0.39 is 0 Å². The molecule has 0 aliphatic heterocycles. The second kappa shape index (κ2) is 6.90. The molecule has 0 bridgehead atoms. The molecular weight excluding hydrogens is 300 g/mol. The lowest BCUT2D eigenvalue weighted by molar-refractivity contribution is 0.910. The van der Waals surface area contributed by atoms with Crippen LogP contribution in [0.5, 0.6) is 0 Å². The van der Waals surface area contributed by atoms with Crippen molar-refractivity contribution in [2.75, 3.05) is 24.3 Å². The third-order valence-corrected chi connectivity index (χ3v) is 3.03. The van der Waals surface area contributed by atoms with Crippen LogP contribution >= 0.6 is 12.2 Å². The summed E-state index contributed by atoms with van der Waals surface area (Å²) in [6.45, 7) is 1.57. The Labute approximate surface area is 133 Å². The van der Waals surface area contributed by atoms with Gasteiger partial charge in [0.05, 0.1) is 0 Å². The number of aromatic amines is 1. The van der Waals surface area contributed by atoms with E-state index in [0.717, 1.165) is 11.3 Å². The van der Waals surface area contributed by atoms with Gasteiger partial charge in [-0.1, -0.05) is 12.1 Å². The van der Waals surface area contributed by atoms with Crippen molar-refractivity contribution in [2.24, 2.45) is 4.99 Å². The fraction of sp³-hybridized carbons (Fsp3) is 0.214. The highest BCUT2D eigenvalue weighted by atomic mass is 32.1. The lowest BCUT2D eigenvalue weighted by Crippen LogP contribution is -2.19. The smallest absolute Gasteiger partial charge is 0.273 e. The van der Waals surface area contributed by atoms with Gasteiger partial charge in [0, 0.05) is 26.0 Å². The average Bonchev–Trinajstić information content (AvgIpc) is 2.49. The topological polar surface area (TPSA) is 86.3 Å². The number of anilines is 2. The Morgan fingerprint density at radius 3 is 2.59 bits per heavy atom. The van der Waals surface area contributed by atoms with E-state index in [1.165, 1.54) is 0 Å². The van der Waals surface area contributed by atoms with Gasteiger partial charge in [0.25, 0.3) is 5.56 Å². The molecule has 8 heteroatoms. The number of nitrogens with zero attached hydrogens (tertiary/aromatic N) is 4. The van der Waals surface area contributed by atoms with Crippen LogP contribution < -0.4 is 15.8 Å². The maximum Gasteiger partial charge on any atom is 0.273 e. The number of hydrogen-bond donors (Lipinski definition) is 2. The number of benzene rings is 1. The van der Waals surface area contributed by atoms with Crippen molar-refractivity contribution in [3.8, 4) is 0 Å². The monoisotopic (exact) mass is 316 g/mol. The molecule has 22 heavy (non-hydrogen) atoms. The van der Waals surface area contributed by atoms with Gasteiger partial charge in [0.15, 0.2) is 5.11 Å². The predicted molar refractivity (Wildman–Crippen MR) is 92.0 cm³/mol. The highest BCUT2D eigenvalue weighted by Gasteiger charge is 2.01. The van der Waals surface area contributed by atoms with E-state index in [1.807, 2.05) is 43.3 Å². The Morgan fingerprint density at radius 2 is 2.00 bits per heavy atom. The highest BCUT2D eigenvalue weighted by molar-refractivity contribution is 7.80. The molecule has 0 amide bonds. The van der Waals surface area contributed by atoms with E-state index in [1.54, 1.807) is 13.1 Å². The Morgan fingerprint density at radius 1 is 1.32 bits per heavy atom. The first-order valence-electron chi connectivity index (χ1n) is 6.52. The molecular formula is C14H16N6OS. The van der Waals surface area contributed by atoms with Gasteiger partial charge in [-0.2, -0.15) is 0 Å². The normalized spacial score (nSPS) is 10.7. The zero-order valence-electron chi connectivity index (χ0n) is 12.5. The molecule has 1 heterocycles. The third-order valence-electron chi connectivity index (χ3n) is 2.83. The van der Waals surface area contributed by atoms with Crippen molar-refractivity contribution in [3.05, 3.63) is 45.9 Å². The van der Waals surface area contributed by atoms with E-state index in [9.17, 15) is 4.79 Å². The summed E-state index contributed by atoms with van der Waals surface area (Å²) < 4.78 is 0. The van der Waals surface area contributed by atoms with Crippen molar-refractivity contribution in [1.82, 2.24) is 15.2 Å². The molecule has 1 aromatic heterocycles. The summed E-state index contributed by atoms with van der Waals surface area (Å²) in [5, 5.41) is 10.4. The molecule has 2 rings (SSSR count). The Kier molecular flexibility index (Phi) is 4.95. The van der Waals surface area contributed by atoms with Gasteiger partial charge < -0.3 is 4.90 Å². The molecule has 114 valence electrons. The maximum atomic E-state index is 11.4.